The van der Waals surface area contributed by atoms with E-state index in [9.17, 15) is 4.79 Å². The Morgan fingerprint density at radius 1 is 1.25 bits per heavy atom. The summed E-state index contributed by atoms with van der Waals surface area (Å²) in [6.45, 7) is 0.474. The van der Waals surface area contributed by atoms with Crippen LogP contribution in [0.15, 0.2) is 46.9 Å². The van der Waals surface area contributed by atoms with Crippen molar-refractivity contribution in [3.05, 3.63) is 63.1 Å². The van der Waals surface area contributed by atoms with Gasteiger partial charge in [-0.3, -0.25) is 4.79 Å². The maximum atomic E-state index is 12.3. The molecular weight excluding hydrogens is 340 g/mol. The predicted octanol–water partition coefficient (Wildman–Crippen LogP) is 3.65. The van der Waals surface area contributed by atoms with Crippen LogP contribution in [0, 0.1) is 0 Å². The molecule has 2 N–H and O–H groups in total. The van der Waals surface area contributed by atoms with E-state index >= 15 is 0 Å². The normalized spacial score (nSPS) is 17.4. The first-order valence-corrected chi connectivity index (χ1v) is 7.34. The molecule has 2 aromatic carbocycles. The summed E-state index contributed by atoms with van der Waals surface area (Å²) in [7, 11) is 0. The molecule has 0 aromatic heterocycles. The lowest BCUT2D eigenvalue weighted by atomic mass is 10.1. The van der Waals surface area contributed by atoms with Crippen LogP contribution >= 0.6 is 27.5 Å². The van der Waals surface area contributed by atoms with Gasteiger partial charge >= 0.3 is 0 Å². The summed E-state index contributed by atoms with van der Waals surface area (Å²) in [5.41, 5.74) is 8.69. The first-order valence-electron chi connectivity index (χ1n) is 6.17. The molecule has 0 fully saturated rings. The topological polar surface area (TPSA) is 46.3 Å². The van der Waals surface area contributed by atoms with E-state index in [4.69, 9.17) is 17.3 Å². The van der Waals surface area contributed by atoms with Crippen molar-refractivity contribution in [2.75, 3.05) is 4.90 Å². The van der Waals surface area contributed by atoms with E-state index in [1.165, 1.54) is 0 Å². The highest BCUT2D eigenvalue weighted by Crippen LogP contribution is 2.37. The molecule has 102 valence electrons. The number of anilines is 1. The molecule has 1 heterocycles. The second kappa shape index (κ2) is 5.20. The number of rotatable bonds is 2. The summed E-state index contributed by atoms with van der Waals surface area (Å²) in [5, 5.41) is 0.662. The van der Waals surface area contributed by atoms with Crippen molar-refractivity contribution >= 4 is 39.1 Å². The van der Waals surface area contributed by atoms with Gasteiger partial charge in [-0.2, -0.15) is 0 Å². The number of nitrogens with two attached hydrogens (primary N) is 1. The number of halogens is 2. The van der Waals surface area contributed by atoms with Crippen LogP contribution in [0.4, 0.5) is 5.69 Å². The third-order valence-corrected chi connectivity index (χ3v) is 4.11. The van der Waals surface area contributed by atoms with Crippen LogP contribution in [0.5, 0.6) is 0 Å². The van der Waals surface area contributed by atoms with Gasteiger partial charge in [-0.25, -0.2) is 0 Å². The van der Waals surface area contributed by atoms with Gasteiger partial charge in [-0.05, 0) is 35.9 Å². The van der Waals surface area contributed by atoms with Gasteiger partial charge < -0.3 is 10.6 Å². The van der Waals surface area contributed by atoms with Crippen LogP contribution in [-0.2, 0) is 11.3 Å². The Bertz CT molecular complexity index is 689. The zero-order valence-corrected chi connectivity index (χ0v) is 12.9. The summed E-state index contributed by atoms with van der Waals surface area (Å²) in [5.74, 6) is -0.0851. The number of amides is 1. The minimum absolute atomic E-state index is 0.0851. The molecule has 1 aliphatic rings. The SMILES string of the molecule is N[C@H]1C(=O)N(Cc2cccc(Cl)c2)c2ccc(Br)cc21. The number of carbonyl (C=O) groups excluding carboxylic acids is 1. The van der Waals surface area contributed by atoms with Gasteiger partial charge in [-0.1, -0.05) is 39.7 Å². The maximum Gasteiger partial charge on any atom is 0.248 e. The van der Waals surface area contributed by atoms with E-state index in [0.29, 0.717) is 11.6 Å². The van der Waals surface area contributed by atoms with Crippen molar-refractivity contribution in [2.24, 2.45) is 5.73 Å². The summed E-state index contributed by atoms with van der Waals surface area (Å²) in [6.07, 6.45) is 0. The zero-order valence-electron chi connectivity index (χ0n) is 10.5. The molecule has 5 heteroatoms. The van der Waals surface area contributed by atoms with Gasteiger partial charge in [0.1, 0.15) is 6.04 Å². The Kier molecular flexibility index (Phi) is 3.54. The largest absolute Gasteiger partial charge is 0.316 e. The van der Waals surface area contributed by atoms with Crippen LogP contribution in [0.1, 0.15) is 17.2 Å². The quantitative estimate of drug-likeness (QED) is 0.897. The number of nitrogens with zero attached hydrogens (tertiary/aromatic N) is 1. The van der Waals surface area contributed by atoms with Gasteiger partial charge in [0.05, 0.1) is 6.54 Å². The maximum absolute atomic E-state index is 12.3. The highest BCUT2D eigenvalue weighted by molar-refractivity contribution is 9.10. The summed E-state index contributed by atoms with van der Waals surface area (Å²) in [4.78, 5) is 14.0. The minimum Gasteiger partial charge on any atom is -0.316 e. The van der Waals surface area contributed by atoms with Gasteiger partial charge in [0.15, 0.2) is 0 Å². The fourth-order valence-electron chi connectivity index (χ4n) is 2.42. The number of carbonyl (C=O) groups is 1. The van der Waals surface area contributed by atoms with E-state index in [1.807, 2.05) is 42.5 Å². The minimum atomic E-state index is -0.596. The highest BCUT2D eigenvalue weighted by Gasteiger charge is 2.34. The lowest BCUT2D eigenvalue weighted by Crippen LogP contribution is -2.31. The molecule has 1 aliphatic heterocycles. The molecule has 0 saturated carbocycles. The molecule has 3 nitrogen and oxygen atoms in total. The van der Waals surface area contributed by atoms with E-state index in [2.05, 4.69) is 15.9 Å². The van der Waals surface area contributed by atoms with Crippen molar-refractivity contribution in [3.63, 3.8) is 0 Å². The molecule has 3 rings (SSSR count). The van der Waals surface area contributed by atoms with Gasteiger partial charge in [0, 0.05) is 20.7 Å². The second-order valence-corrected chi connectivity index (χ2v) is 6.09. The Morgan fingerprint density at radius 3 is 2.80 bits per heavy atom. The van der Waals surface area contributed by atoms with Crippen LogP contribution in [0.3, 0.4) is 0 Å². The van der Waals surface area contributed by atoms with Gasteiger partial charge in [-0.15, -0.1) is 0 Å². The standard InChI is InChI=1S/C15H12BrClN2O/c16-10-4-5-13-12(7-10)14(18)15(20)19(13)8-9-2-1-3-11(17)6-9/h1-7,14H,8,18H2/t14-/m1/s1. The molecule has 2 aromatic rings. The highest BCUT2D eigenvalue weighted by atomic mass is 79.9. The van der Waals surface area contributed by atoms with E-state index in [1.54, 1.807) is 4.90 Å². The third-order valence-electron chi connectivity index (χ3n) is 3.38. The van der Waals surface area contributed by atoms with Crippen molar-refractivity contribution in [1.29, 1.82) is 0 Å². The summed E-state index contributed by atoms with van der Waals surface area (Å²) < 4.78 is 0.920. The lowest BCUT2D eigenvalue weighted by molar-refractivity contribution is -0.119. The number of hydrogen-bond acceptors (Lipinski definition) is 2. The average molecular weight is 352 g/mol. The zero-order chi connectivity index (χ0) is 14.3. The first kappa shape index (κ1) is 13.6. The Morgan fingerprint density at radius 2 is 2.05 bits per heavy atom. The molecule has 0 bridgehead atoms. The lowest BCUT2D eigenvalue weighted by Gasteiger charge is -2.18. The van der Waals surface area contributed by atoms with Crippen molar-refractivity contribution in [2.45, 2.75) is 12.6 Å². The molecule has 0 aliphatic carbocycles. The fourth-order valence-corrected chi connectivity index (χ4v) is 3.01. The third kappa shape index (κ3) is 2.35. The number of hydrogen-bond donors (Lipinski definition) is 1. The smallest absolute Gasteiger partial charge is 0.248 e. The van der Waals surface area contributed by atoms with Crippen molar-refractivity contribution in [1.82, 2.24) is 0 Å². The monoisotopic (exact) mass is 350 g/mol. The average Bonchev–Trinajstić information content (AvgIpc) is 2.64. The summed E-state index contributed by atoms with van der Waals surface area (Å²) >= 11 is 9.39. The molecule has 0 saturated heterocycles. The Hall–Kier alpha value is -1.36. The molecule has 1 atom stereocenters. The molecular formula is C15H12BrClN2O. The van der Waals surface area contributed by atoms with Crippen LogP contribution in [0.25, 0.3) is 0 Å². The van der Waals surface area contributed by atoms with Crippen LogP contribution < -0.4 is 10.6 Å². The second-order valence-electron chi connectivity index (χ2n) is 4.74. The molecule has 0 unspecified atom stereocenters. The Labute approximate surface area is 130 Å². The van der Waals surface area contributed by atoms with Crippen LogP contribution in [-0.4, -0.2) is 5.91 Å². The predicted molar refractivity (Wildman–Crippen MR) is 83.7 cm³/mol. The fraction of sp³-hybridized carbons (Fsp3) is 0.133. The number of fused-ring (bicyclic) bond motifs is 1. The van der Waals surface area contributed by atoms with Gasteiger partial charge in [0.2, 0.25) is 5.91 Å². The molecule has 0 spiro atoms. The molecule has 0 radical (unpaired) electrons. The van der Waals surface area contributed by atoms with Crippen molar-refractivity contribution < 1.29 is 4.79 Å². The van der Waals surface area contributed by atoms with E-state index in [0.717, 1.165) is 21.3 Å². The number of benzene rings is 2. The Balaban J connectivity index is 1.97. The first-order chi connectivity index (χ1) is 9.56. The van der Waals surface area contributed by atoms with E-state index < -0.39 is 6.04 Å². The summed E-state index contributed by atoms with van der Waals surface area (Å²) in [6, 6.07) is 12.6. The van der Waals surface area contributed by atoms with Gasteiger partial charge in [0.25, 0.3) is 0 Å². The molecule has 20 heavy (non-hydrogen) atoms. The molecule has 1 amide bonds. The van der Waals surface area contributed by atoms with Crippen LogP contribution in [0.2, 0.25) is 5.02 Å². The van der Waals surface area contributed by atoms with E-state index in [-0.39, 0.29) is 5.91 Å². The van der Waals surface area contributed by atoms with Crippen molar-refractivity contribution in [3.8, 4) is 0 Å².